The van der Waals surface area contributed by atoms with Crippen molar-refractivity contribution in [3.63, 3.8) is 0 Å². The quantitative estimate of drug-likeness (QED) is 0.190. The molecule has 1 aliphatic rings. The SMILES string of the molecule is C=C(C)CNC(=NCC(=O)N(C)C)NCCCN1CCCCC1C.I. The zero-order valence-corrected chi connectivity index (χ0v) is 18.6. The van der Waals surface area contributed by atoms with Crippen molar-refractivity contribution < 1.29 is 4.79 Å². The second-order valence-electron chi connectivity index (χ2n) is 6.92. The van der Waals surface area contributed by atoms with Gasteiger partial charge in [0.05, 0.1) is 0 Å². The van der Waals surface area contributed by atoms with Crippen LogP contribution in [0.4, 0.5) is 0 Å². The van der Waals surface area contributed by atoms with Crippen LogP contribution in [0.25, 0.3) is 0 Å². The minimum atomic E-state index is -0.00596. The molecule has 1 heterocycles. The Labute approximate surface area is 170 Å². The van der Waals surface area contributed by atoms with Crippen molar-refractivity contribution >= 4 is 35.8 Å². The lowest BCUT2D eigenvalue weighted by molar-refractivity contribution is -0.127. The number of amides is 1. The molecular weight excluding hydrogens is 429 g/mol. The Hall–Kier alpha value is -0.830. The van der Waals surface area contributed by atoms with Gasteiger partial charge in [0.25, 0.3) is 0 Å². The molecule has 1 fully saturated rings. The van der Waals surface area contributed by atoms with E-state index in [4.69, 9.17) is 0 Å². The highest BCUT2D eigenvalue weighted by Gasteiger charge is 2.17. The summed E-state index contributed by atoms with van der Waals surface area (Å²) >= 11 is 0. The highest BCUT2D eigenvalue weighted by Crippen LogP contribution is 2.15. The molecule has 1 saturated heterocycles. The monoisotopic (exact) mass is 465 g/mol. The number of hydrogen-bond donors (Lipinski definition) is 2. The van der Waals surface area contributed by atoms with Crippen molar-refractivity contribution in [3.05, 3.63) is 12.2 Å². The van der Waals surface area contributed by atoms with Crippen LogP contribution in [0, 0.1) is 0 Å². The third-order valence-electron chi connectivity index (χ3n) is 4.28. The molecule has 0 spiro atoms. The van der Waals surface area contributed by atoms with E-state index in [2.05, 4.69) is 34.0 Å². The number of hydrogen-bond acceptors (Lipinski definition) is 3. The van der Waals surface area contributed by atoms with E-state index in [1.807, 2.05) is 6.92 Å². The van der Waals surface area contributed by atoms with Gasteiger partial charge in [0.1, 0.15) is 6.54 Å². The smallest absolute Gasteiger partial charge is 0.243 e. The van der Waals surface area contributed by atoms with E-state index in [0.717, 1.165) is 25.1 Å². The number of aliphatic imine (C=N–C) groups is 1. The minimum Gasteiger partial charge on any atom is -0.356 e. The molecule has 1 unspecified atom stereocenters. The van der Waals surface area contributed by atoms with Crippen LogP contribution in [0.3, 0.4) is 0 Å². The molecule has 1 aliphatic heterocycles. The Morgan fingerprint density at radius 2 is 2.04 bits per heavy atom. The second kappa shape index (κ2) is 13.4. The van der Waals surface area contributed by atoms with E-state index in [9.17, 15) is 4.79 Å². The predicted molar refractivity (Wildman–Crippen MR) is 117 cm³/mol. The average Bonchev–Trinajstić information content (AvgIpc) is 2.54. The number of carbonyl (C=O) groups is 1. The number of carbonyl (C=O) groups excluding carboxylic acids is 1. The number of likely N-dealkylation sites (tertiary alicyclic amines) is 1. The molecule has 25 heavy (non-hydrogen) atoms. The number of halogens is 1. The van der Waals surface area contributed by atoms with Gasteiger partial charge in [0.2, 0.25) is 5.91 Å². The van der Waals surface area contributed by atoms with Crippen LogP contribution in [-0.4, -0.2) is 74.5 Å². The van der Waals surface area contributed by atoms with Crippen molar-refractivity contribution in [1.82, 2.24) is 20.4 Å². The number of nitrogens with zero attached hydrogens (tertiary/aromatic N) is 3. The fourth-order valence-electron chi connectivity index (χ4n) is 2.68. The molecule has 0 bridgehead atoms. The summed E-state index contributed by atoms with van der Waals surface area (Å²) in [5, 5.41) is 6.54. The lowest BCUT2D eigenvalue weighted by Gasteiger charge is -2.33. The Balaban J connectivity index is 0.00000576. The topological polar surface area (TPSA) is 60.0 Å². The first-order valence-corrected chi connectivity index (χ1v) is 9.01. The van der Waals surface area contributed by atoms with Gasteiger partial charge >= 0.3 is 0 Å². The Kier molecular flexibility index (Phi) is 12.9. The van der Waals surface area contributed by atoms with Crippen LogP contribution in [-0.2, 0) is 4.79 Å². The van der Waals surface area contributed by atoms with Gasteiger partial charge in [0, 0.05) is 39.8 Å². The zero-order chi connectivity index (χ0) is 17.9. The van der Waals surface area contributed by atoms with Crippen LogP contribution in [0.2, 0.25) is 0 Å². The molecule has 1 atom stereocenters. The highest BCUT2D eigenvalue weighted by molar-refractivity contribution is 14.0. The van der Waals surface area contributed by atoms with Crippen molar-refractivity contribution in [2.75, 3.05) is 46.8 Å². The van der Waals surface area contributed by atoms with Crippen LogP contribution in [0.1, 0.15) is 39.5 Å². The molecule has 146 valence electrons. The van der Waals surface area contributed by atoms with Crippen LogP contribution in [0.15, 0.2) is 17.1 Å². The third-order valence-corrected chi connectivity index (χ3v) is 4.28. The van der Waals surface area contributed by atoms with Gasteiger partial charge in [-0.2, -0.15) is 0 Å². The summed E-state index contributed by atoms with van der Waals surface area (Å²) in [5.41, 5.74) is 1.03. The van der Waals surface area contributed by atoms with E-state index < -0.39 is 0 Å². The van der Waals surface area contributed by atoms with E-state index in [1.165, 1.54) is 25.8 Å². The molecule has 1 amide bonds. The maximum atomic E-state index is 11.7. The number of likely N-dealkylation sites (N-methyl/N-ethyl adjacent to an activating group) is 1. The molecule has 0 aromatic heterocycles. The lowest BCUT2D eigenvalue weighted by Crippen LogP contribution is -2.42. The van der Waals surface area contributed by atoms with Gasteiger partial charge in [0.15, 0.2) is 5.96 Å². The van der Waals surface area contributed by atoms with Crippen molar-refractivity contribution in [2.45, 2.75) is 45.6 Å². The minimum absolute atomic E-state index is 0. The maximum absolute atomic E-state index is 11.7. The Morgan fingerprint density at radius 3 is 2.64 bits per heavy atom. The largest absolute Gasteiger partial charge is 0.356 e. The number of piperidine rings is 1. The predicted octanol–water partition coefficient (Wildman–Crippen LogP) is 2.07. The summed E-state index contributed by atoms with van der Waals surface area (Å²) in [6.07, 6.45) is 5.06. The summed E-state index contributed by atoms with van der Waals surface area (Å²) in [4.78, 5) is 20.2. The lowest BCUT2D eigenvalue weighted by atomic mass is 10.0. The summed E-state index contributed by atoms with van der Waals surface area (Å²) in [7, 11) is 3.48. The zero-order valence-electron chi connectivity index (χ0n) is 16.3. The van der Waals surface area contributed by atoms with Crippen molar-refractivity contribution in [1.29, 1.82) is 0 Å². The molecule has 1 rings (SSSR count). The summed E-state index contributed by atoms with van der Waals surface area (Å²) in [6.45, 7) is 12.2. The fourth-order valence-corrected chi connectivity index (χ4v) is 2.68. The van der Waals surface area contributed by atoms with Gasteiger partial charge in [-0.05, 0) is 39.7 Å². The third kappa shape index (κ3) is 10.7. The van der Waals surface area contributed by atoms with E-state index >= 15 is 0 Å². The van der Waals surface area contributed by atoms with E-state index in [-0.39, 0.29) is 36.4 Å². The van der Waals surface area contributed by atoms with Gasteiger partial charge in [-0.1, -0.05) is 18.6 Å². The molecular formula is C18H36IN5O. The highest BCUT2D eigenvalue weighted by atomic mass is 127. The Morgan fingerprint density at radius 1 is 1.32 bits per heavy atom. The van der Waals surface area contributed by atoms with Gasteiger partial charge in [-0.25, -0.2) is 4.99 Å². The molecule has 2 N–H and O–H groups in total. The molecule has 0 aliphatic carbocycles. The average molecular weight is 465 g/mol. The van der Waals surface area contributed by atoms with Crippen LogP contribution in [0.5, 0.6) is 0 Å². The van der Waals surface area contributed by atoms with Crippen molar-refractivity contribution in [2.24, 2.45) is 4.99 Å². The number of nitrogens with one attached hydrogen (secondary N) is 2. The van der Waals surface area contributed by atoms with Gasteiger partial charge in [-0.3, -0.25) is 4.79 Å². The first kappa shape index (κ1) is 24.2. The second-order valence-corrected chi connectivity index (χ2v) is 6.92. The van der Waals surface area contributed by atoms with Crippen LogP contribution >= 0.6 is 24.0 Å². The standard InChI is InChI=1S/C18H35N5O.HI/c1-15(2)13-20-18(21-14-17(24)22(4)5)19-10-8-12-23-11-7-6-9-16(23)3;/h16H,1,6-14H2,2-5H3,(H2,19,20,21);1H. The molecule has 7 heteroatoms. The molecule has 0 aromatic carbocycles. The molecule has 6 nitrogen and oxygen atoms in total. The summed E-state index contributed by atoms with van der Waals surface area (Å²) in [5.74, 6) is 0.674. The Bertz CT molecular complexity index is 439. The molecule has 0 saturated carbocycles. The van der Waals surface area contributed by atoms with Crippen molar-refractivity contribution in [3.8, 4) is 0 Å². The summed E-state index contributed by atoms with van der Waals surface area (Å²) < 4.78 is 0. The number of guanidine groups is 1. The van der Waals surface area contributed by atoms with Crippen LogP contribution < -0.4 is 10.6 Å². The first-order valence-electron chi connectivity index (χ1n) is 9.01. The summed E-state index contributed by atoms with van der Waals surface area (Å²) in [6, 6.07) is 0.700. The van der Waals surface area contributed by atoms with Gasteiger partial charge < -0.3 is 20.4 Å². The van der Waals surface area contributed by atoms with Gasteiger partial charge in [-0.15, -0.1) is 24.0 Å². The molecule has 0 radical (unpaired) electrons. The fraction of sp³-hybridized carbons (Fsp3) is 0.778. The maximum Gasteiger partial charge on any atom is 0.243 e. The molecule has 0 aromatic rings. The first-order chi connectivity index (χ1) is 11.4. The van der Waals surface area contributed by atoms with E-state index in [0.29, 0.717) is 18.5 Å². The normalized spacial score (nSPS) is 18.2. The van der Waals surface area contributed by atoms with E-state index in [1.54, 1.807) is 19.0 Å². The number of rotatable bonds is 8.